The van der Waals surface area contributed by atoms with Gasteiger partial charge in [0, 0.05) is 22.3 Å². The van der Waals surface area contributed by atoms with Gasteiger partial charge in [0.1, 0.15) is 5.52 Å². The van der Waals surface area contributed by atoms with Gasteiger partial charge in [0.15, 0.2) is 11.4 Å². The van der Waals surface area contributed by atoms with Crippen LogP contribution in [-0.2, 0) is 0 Å². The molecule has 0 spiro atoms. The van der Waals surface area contributed by atoms with Crippen LogP contribution >= 0.6 is 15.9 Å². The standard InChI is InChI=1S/C16H9BrN2O4/c17-11-5-6-12(13-9(11)3-1-7-18-13)23-16(22)14-10(15(20)21)4-2-8-19-14/h1-8H,(H,20,21). The van der Waals surface area contributed by atoms with Gasteiger partial charge in [-0.2, -0.15) is 0 Å². The SMILES string of the molecule is O=C(O)c1cccnc1C(=O)Oc1ccc(Br)c2cccnc12. The van der Waals surface area contributed by atoms with E-state index in [1.54, 1.807) is 24.4 Å². The van der Waals surface area contributed by atoms with Crippen LogP contribution in [0.4, 0.5) is 0 Å². The summed E-state index contributed by atoms with van der Waals surface area (Å²) in [5, 5.41) is 9.90. The number of fused-ring (bicyclic) bond motifs is 1. The highest BCUT2D eigenvalue weighted by Crippen LogP contribution is 2.30. The Morgan fingerprint density at radius 2 is 1.78 bits per heavy atom. The van der Waals surface area contributed by atoms with Crippen molar-refractivity contribution >= 4 is 38.8 Å². The highest BCUT2D eigenvalue weighted by Gasteiger charge is 2.20. The summed E-state index contributed by atoms with van der Waals surface area (Å²) in [7, 11) is 0. The fourth-order valence-corrected chi connectivity index (χ4v) is 2.54. The summed E-state index contributed by atoms with van der Waals surface area (Å²) in [4.78, 5) is 31.5. The molecule has 114 valence electrons. The molecule has 0 saturated carbocycles. The molecule has 3 rings (SSSR count). The molecular formula is C16H9BrN2O4. The van der Waals surface area contributed by atoms with Crippen molar-refractivity contribution in [3.8, 4) is 5.75 Å². The average molecular weight is 373 g/mol. The first-order valence-corrected chi connectivity index (χ1v) is 7.31. The van der Waals surface area contributed by atoms with Crippen LogP contribution in [0.25, 0.3) is 10.9 Å². The molecule has 23 heavy (non-hydrogen) atoms. The van der Waals surface area contributed by atoms with Crippen molar-refractivity contribution in [2.75, 3.05) is 0 Å². The molecule has 0 fully saturated rings. The maximum atomic E-state index is 12.3. The smallest absolute Gasteiger partial charge is 0.363 e. The van der Waals surface area contributed by atoms with Crippen molar-refractivity contribution in [3.63, 3.8) is 0 Å². The van der Waals surface area contributed by atoms with Crippen molar-refractivity contribution in [3.05, 3.63) is 64.5 Å². The van der Waals surface area contributed by atoms with Crippen molar-refractivity contribution in [2.45, 2.75) is 0 Å². The number of rotatable bonds is 3. The van der Waals surface area contributed by atoms with Crippen LogP contribution in [0.3, 0.4) is 0 Å². The number of nitrogens with zero attached hydrogens (tertiary/aromatic N) is 2. The van der Waals surface area contributed by atoms with Crippen LogP contribution in [0.1, 0.15) is 20.8 Å². The van der Waals surface area contributed by atoms with E-state index in [4.69, 9.17) is 9.84 Å². The van der Waals surface area contributed by atoms with Gasteiger partial charge in [-0.3, -0.25) is 4.98 Å². The van der Waals surface area contributed by atoms with Crippen molar-refractivity contribution in [1.29, 1.82) is 0 Å². The molecule has 2 heterocycles. The Bertz CT molecular complexity index is 927. The molecule has 0 amide bonds. The number of carbonyl (C=O) groups is 2. The number of benzene rings is 1. The lowest BCUT2D eigenvalue weighted by Crippen LogP contribution is -2.16. The predicted molar refractivity (Wildman–Crippen MR) is 85.6 cm³/mol. The maximum Gasteiger partial charge on any atom is 0.363 e. The number of carboxylic acids is 1. The number of pyridine rings is 2. The summed E-state index contributed by atoms with van der Waals surface area (Å²) >= 11 is 3.40. The van der Waals surface area contributed by atoms with Gasteiger partial charge >= 0.3 is 11.9 Å². The molecule has 0 bridgehead atoms. The van der Waals surface area contributed by atoms with E-state index >= 15 is 0 Å². The topological polar surface area (TPSA) is 89.4 Å². The van der Waals surface area contributed by atoms with Gasteiger partial charge in [-0.1, -0.05) is 22.0 Å². The Morgan fingerprint density at radius 3 is 2.57 bits per heavy atom. The highest BCUT2D eigenvalue weighted by molar-refractivity contribution is 9.10. The number of hydrogen-bond donors (Lipinski definition) is 1. The van der Waals surface area contributed by atoms with Crippen molar-refractivity contribution in [2.24, 2.45) is 0 Å². The Kier molecular flexibility index (Phi) is 4.03. The average Bonchev–Trinajstić information content (AvgIpc) is 2.57. The molecular weight excluding hydrogens is 364 g/mol. The van der Waals surface area contributed by atoms with E-state index in [9.17, 15) is 9.59 Å². The quantitative estimate of drug-likeness (QED) is 0.560. The number of carbonyl (C=O) groups excluding carboxylic acids is 1. The van der Waals surface area contributed by atoms with Crippen LogP contribution in [-0.4, -0.2) is 27.0 Å². The Balaban J connectivity index is 2.02. The molecule has 0 aliphatic heterocycles. The van der Waals surface area contributed by atoms with E-state index < -0.39 is 11.9 Å². The predicted octanol–water partition coefficient (Wildman–Crippen LogP) is 3.31. The summed E-state index contributed by atoms with van der Waals surface area (Å²) in [6.07, 6.45) is 2.91. The van der Waals surface area contributed by atoms with Crippen LogP contribution in [0.5, 0.6) is 5.75 Å². The normalized spacial score (nSPS) is 10.5. The zero-order valence-corrected chi connectivity index (χ0v) is 13.1. The van der Waals surface area contributed by atoms with E-state index in [0.717, 1.165) is 9.86 Å². The molecule has 3 aromatic rings. The second-order valence-corrected chi connectivity index (χ2v) is 5.39. The van der Waals surface area contributed by atoms with Gasteiger partial charge in [-0.25, -0.2) is 14.6 Å². The van der Waals surface area contributed by atoms with Crippen LogP contribution in [0.2, 0.25) is 0 Å². The maximum absolute atomic E-state index is 12.3. The number of aromatic carboxylic acids is 1. The van der Waals surface area contributed by atoms with Crippen molar-refractivity contribution in [1.82, 2.24) is 9.97 Å². The molecule has 1 aromatic carbocycles. The third-order valence-electron chi connectivity index (χ3n) is 3.11. The molecule has 6 nitrogen and oxygen atoms in total. The lowest BCUT2D eigenvalue weighted by atomic mass is 10.2. The van der Waals surface area contributed by atoms with E-state index in [0.29, 0.717) is 5.52 Å². The second-order valence-electron chi connectivity index (χ2n) is 4.54. The fourth-order valence-electron chi connectivity index (χ4n) is 2.08. The van der Waals surface area contributed by atoms with E-state index in [2.05, 4.69) is 25.9 Å². The minimum atomic E-state index is -1.25. The zero-order valence-electron chi connectivity index (χ0n) is 11.6. The third-order valence-corrected chi connectivity index (χ3v) is 3.81. The van der Waals surface area contributed by atoms with Crippen LogP contribution in [0, 0.1) is 0 Å². The molecule has 2 aromatic heterocycles. The summed E-state index contributed by atoms with van der Waals surface area (Å²) < 4.78 is 6.12. The number of ether oxygens (including phenoxy) is 1. The van der Waals surface area contributed by atoms with Gasteiger partial charge < -0.3 is 9.84 Å². The lowest BCUT2D eigenvalue weighted by molar-refractivity contribution is 0.0665. The van der Waals surface area contributed by atoms with E-state index in [1.165, 1.54) is 18.3 Å². The first-order chi connectivity index (χ1) is 11.1. The number of hydrogen-bond acceptors (Lipinski definition) is 5. The first-order valence-electron chi connectivity index (χ1n) is 6.51. The van der Waals surface area contributed by atoms with E-state index in [-0.39, 0.29) is 17.0 Å². The minimum absolute atomic E-state index is 0.216. The zero-order chi connectivity index (χ0) is 16.4. The van der Waals surface area contributed by atoms with Gasteiger partial charge in [-0.15, -0.1) is 0 Å². The molecule has 0 saturated heterocycles. The number of carboxylic acid groups (broad SMARTS) is 1. The highest BCUT2D eigenvalue weighted by atomic mass is 79.9. The lowest BCUT2D eigenvalue weighted by Gasteiger charge is -2.09. The van der Waals surface area contributed by atoms with Gasteiger partial charge in [0.2, 0.25) is 0 Å². The van der Waals surface area contributed by atoms with Crippen LogP contribution < -0.4 is 4.74 Å². The summed E-state index contributed by atoms with van der Waals surface area (Å²) in [6, 6.07) is 9.64. The molecule has 0 aliphatic carbocycles. The molecule has 0 aliphatic rings. The van der Waals surface area contributed by atoms with E-state index in [1.807, 2.05) is 6.07 Å². The van der Waals surface area contributed by atoms with Crippen LogP contribution in [0.15, 0.2) is 53.3 Å². The number of aromatic nitrogens is 2. The molecule has 1 N–H and O–H groups in total. The van der Waals surface area contributed by atoms with Crippen molar-refractivity contribution < 1.29 is 19.4 Å². The monoisotopic (exact) mass is 372 g/mol. The molecule has 0 radical (unpaired) electrons. The largest absolute Gasteiger partial charge is 0.478 e. The molecule has 0 unspecified atom stereocenters. The number of halogens is 1. The van der Waals surface area contributed by atoms with Gasteiger partial charge in [-0.05, 0) is 30.3 Å². The molecule has 0 atom stereocenters. The Hall–Kier alpha value is -2.80. The first kappa shape index (κ1) is 15.1. The van der Waals surface area contributed by atoms with Gasteiger partial charge in [0.05, 0.1) is 5.56 Å². The fraction of sp³-hybridized carbons (Fsp3) is 0. The number of esters is 1. The molecule has 7 heteroatoms. The summed E-state index contributed by atoms with van der Waals surface area (Å²) in [5.41, 5.74) is 0.0157. The third kappa shape index (κ3) is 2.91. The second kappa shape index (κ2) is 6.13. The van der Waals surface area contributed by atoms with Gasteiger partial charge in [0.25, 0.3) is 0 Å². The summed E-state index contributed by atoms with van der Waals surface area (Å²) in [6.45, 7) is 0. The summed E-state index contributed by atoms with van der Waals surface area (Å²) in [5.74, 6) is -1.86. The Labute approximate surface area is 138 Å². The Morgan fingerprint density at radius 1 is 1.04 bits per heavy atom. The minimum Gasteiger partial charge on any atom is -0.478 e.